The molecule has 0 amide bonds. The first-order chi connectivity index (χ1) is 12.6. The minimum Gasteiger partial charge on any atom is -0.493 e. The Morgan fingerprint density at radius 2 is 1.96 bits per heavy atom. The molecule has 0 N–H and O–H groups in total. The monoisotopic (exact) mass is 358 g/mol. The topological polar surface area (TPSA) is 54.0 Å². The number of ether oxygens (including phenoxy) is 4. The summed E-state index contributed by atoms with van der Waals surface area (Å²) in [5.41, 5.74) is 2.85. The minimum absolute atomic E-state index is 0.125. The first-order valence-electron chi connectivity index (χ1n) is 8.67. The van der Waals surface area contributed by atoms with Crippen molar-refractivity contribution in [3.8, 4) is 11.5 Å². The average molecular weight is 358 g/mol. The molecule has 0 aliphatic carbocycles. The van der Waals surface area contributed by atoms with Crippen molar-refractivity contribution >= 4 is 22.3 Å². The number of hydrogen-bond donors (Lipinski definition) is 0. The van der Waals surface area contributed by atoms with Crippen molar-refractivity contribution in [1.29, 1.82) is 0 Å². The van der Waals surface area contributed by atoms with E-state index in [0.29, 0.717) is 18.1 Å². The molecule has 0 heterocycles. The molecule has 5 nitrogen and oxygen atoms in total. The Hall–Kier alpha value is -2.53. The molecule has 5 heteroatoms. The largest absolute Gasteiger partial charge is 0.493 e. The van der Waals surface area contributed by atoms with Crippen LogP contribution in [0.3, 0.4) is 0 Å². The van der Waals surface area contributed by atoms with Crippen molar-refractivity contribution in [3.05, 3.63) is 41.5 Å². The summed E-state index contributed by atoms with van der Waals surface area (Å²) in [6.07, 6.45) is 2.35. The number of hydrogen-bond acceptors (Lipinski definition) is 5. The summed E-state index contributed by atoms with van der Waals surface area (Å²) in [5.74, 6) is 0.889. The molecule has 0 unspecified atom stereocenters. The van der Waals surface area contributed by atoms with E-state index in [2.05, 4.69) is 13.0 Å². The van der Waals surface area contributed by atoms with Gasteiger partial charge in [-0.05, 0) is 48.4 Å². The maximum Gasteiger partial charge on any atom is 0.331 e. The fourth-order valence-corrected chi connectivity index (χ4v) is 2.96. The molecule has 0 bridgehead atoms. The van der Waals surface area contributed by atoms with Gasteiger partial charge in [0.25, 0.3) is 0 Å². The summed E-state index contributed by atoms with van der Waals surface area (Å²) >= 11 is 0. The Bertz CT molecular complexity index is 808. The fraction of sp³-hybridized carbons (Fsp3) is 0.381. The molecule has 0 saturated carbocycles. The van der Waals surface area contributed by atoms with E-state index in [9.17, 15) is 4.79 Å². The Morgan fingerprint density at radius 1 is 1.19 bits per heavy atom. The van der Waals surface area contributed by atoms with Crippen LogP contribution >= 0.6 is 0 Å². The average Bonchev–Trinajstić information content (AvgIpc) is 2.64. The van der Waals surface area contributed by atoms with Crippen molar-refractivity contribution in [1.82, 2.24) is 0 Å². The normalized spacial score (nSPS) is 11.5. The lowest BCUT2D eigenvalue weighted by molar-refractivity contribution is -0.137. The summed E-state index contributed by atoms with van der Waals surface area (Å²) in [6, 6.07) is 7.98. The van der Waals surface area contributed by atoms with E-state index in [0.717, 1.165) is 33.9 Å². The molecule has 0 saturated heterocycles. The van der Waals surface area contributed by atoms with E-state index >= 15 is 0 Å². The summed E-state index contributed by atoms with van der Waals surface area (Å²) in [7, 11) is 3.18. The maximum absolute atomic E-state index is 11.9. The van der Waals surface area contributed by atoms with Gasteiger partial charge in [-0.3, -0.25) is 0 Å². The molecule has 2 aromatic carbocycles. The third kappa shape index (κ3) is 4.17. The van der Waals surface area contributed by atoms with Crippen molar-refractivity contribution in [2.75, 3.05) is 27.6 Å². The lowest BCUT2D eigenvalue weighted by Crippen LogP contribution is -2.04. The zero-order chi connectivity index (χ0) is 19.1. The first-order valence-corrected chi connectivity index (χ1v) is 8.67. The highest BCUT2D eigenvalue weighted by atomic mass is 16.7. The molecule has 0 aromatic heterocycles. The number of rotatable bonds is 8. The predicted molar refractivity (Wildman–Crippen MR) is 103 cm³/mol. The smallest absolute Gasteiger partial charge is 0.331 e. The van der Waals surface area contributed by atoms with E-state index in [1.54, 1.807) is 21.1 Å². The zero-order valence-electron chi connectivity index (χ0n) is 16.0. The Morgan fingerprint density at radius 3 is 2.58 bits per heavy atom. The van der Waals surface area contributed by atoms with Gasteiger partial charge in [0.15, 0.2) is 18.3 Å². The highest BCUT2D eigenvalue weighted by Crippen LogP contribution is 2.42. The number of esters is 1. The second kappa shape index (κ2) is 9.25. The van der Waals surface area contributed by atoms with Crippen molar-refractivity contribution in [3.63, 3.8) is 0 Å². The van der Waals surface area contributed by atoms with Gasteiger partial charge in [-0.2, -0.15) is 0 Å². The van der Waals surface area contributed by atoms with Crippen LogP contribution in [0.1, 0.15) is 31.9 Å². The van der Waals surface area contributed by atoms with Gasteiger partial charge in [0, 0.05) is 18.6 Å². The van der Waals surface area contributed by atoms with Crippen LogP contribution in [-0.4, -0.2) is 33.6 Å². The van der Waals surface area contributed by atoms with Crippen molar-refractivity contribution < 1.29 is 23.7 Å². The highest BCUT2D eigenvalue weighted by molar-refractivity contribution is 6.03. The van der Waals surface area contributed by atoms with Gasteiger partial charge in [0.1, 0.15) is 0 Å². The van der Waals surface area contributed by atoms with Crippen LogP contribution in [-0.2, 0) is 20.7 Å². The van der Waals surface area contributed by atoms with Crippen LogP contribution in [0.25, 0.3) is 16.3 Å². The second-order valence-corrected chi connectivity index (χ2v) is 5.78. The molecule has 0 radical (unpaired) electrons. The van der Waals surface area contributed by atoms with E-state index < -0.39 is 0 Å². The summed E-state index contributed by atoms with van der Waals surface area (Å²) in [5, 5.41) is 1.97. The molecule has 0 atom stereocenters. The number of carbonyl (C=O) groups is 1. The van der Waals surface area contributed by atoms with Gasteiger partial charge in [0.2, 0.25) is 0 Å². The molecule has 2 rings (SSSR count). The van der Waals surface area contributed by atoms with Crippen molar-refractivity contribution in [2.45, 2.75) is 27.2 Å². The number of methoxy groups -OCH3 is 2. The van der Waals surface area contributed by atoms with Gasteiger partial charge >= 0.3 is 5.97 Å². The second-order valence-electron chi connectivity index (χ2n) is 5.78. The number of aryl methyl sites for hydroxylation is 1. The maximum atomic E-state index is 11.9. The van der Waals surface area contributed by atoms with Crippen LogP contribution in [0, 0.1) is 0 Å². The third-order valence-electron chi connectivity index (χ3n) is 4.13. The minimum atomic E-state index is -0.358. The zero-order valence-corrected chi connectivity index (χ0v) is 16.0. The standard InChI is InChI=1S/C21H26O5/c1-6-15-9-8-10-16-17(14(3)11-19(22)25-7-2)12-18(24-5)21(20(15)16)26-13-23-4/h8-12H,6-7,13H2,1-5H3/b14-11+. The van der Waals surface area contributed by atoms with E-state index in [1.165, 1.54) is 6.08 Å². The van der Waals surface area contributed by atoms with Crippen LogP contribution in [0.4, 0.5) is 0 Å². The molecule has 0 aliphatic rings. The Balaban J connectivity index is 2.74. The number of carbonyl (C=O) groups excluding carboxylic acids is 1. The van der Waals surface area contributed by atoms with Crippen LogP contribution in [0.2, 0.25) is 0 Å². The van der Waals surface area contributed by atoms with Gasteiger partial charge in [0.05, 0.1) is 13.7 Å². The summed E-state index contributed by atoms with van der Waals surface area (Å²) in [4.78, 5) is 11.9. The van der Waals surface area contributed by atoms with Crippen LogP contribution in [0.15, 0.2) is 30.3 Å². The molecular formula is C21H26O5. The molecule has 26 heavy (non-hydrogen) atoms. The summed E-state index contributed by atoms with van der Waals surface area (Å²) < 4.78 is 21.5. The van der Waals surface area contributed by atoms with Crippen LogP contribution < -0.4 is 9.47 Å². The van der Waals surface area contributed by atoms with Crippen molar-refractivity contribution in [2.24, 2.45) is 0 Å². The molecule has 2 aromatic rings. The fourth-order valence-electron chi connectivity index (χ4n) is 2.96. The number of fused-ring (bicyclic) bond motifs is 1. The number of allylic oxidation sites excluding steroid dienone is 1. The number of benzene rings is 2. The molecule has 140 valence electrons. The Kier molecular flexibility index (Phi) is 7.04. The Labute approximate surface area is 154 Å². The van der Waals surface area contributed by atoms with E-state index in [4.69, 9.17) is 18.9 Å². The lowest BCUT2D eigenvalue weighted by Gasteiger charge is -2.18. The van der Waals surface area contributed by atoms with Gasteiger partial charge in [-0.1, -0.05) is 25.1 Å². The first kappa shape index (κ1) is 19.8. The molecule has 0 fully saturated rings. The predicted octanol–water partition coefficient (Wildman–Crippen LogP) is 4.36. The van der Waals surface area contributed by atoms with Crippen LogP contribution in [0.5, 0.6) is 11.5 Å². The SMILES string of the molecule is CCOC(=O)/C=C(\C)c1cc(OC)c(OCOC)c2c(CC)cccc12. The van der Waals surface area contributed by atoms with Gasteiger partial charge in [-0.15, -0.1) is 0 Å². The quantitative estimate of drug-likeness (QED) is 0.399. The van der Waals surface area contributed by atoms with Gasteiger partial charge in [-0.25, -0.2) is 4.79 Å². The lowest BCUT2D eigenvalue weighted by atomic mass is 9.93. The summed E-state index contributed by atoms with van der Waals surface area (Å²) in [6.45, 7) is 6.24. The molecule has 0 spiro atoms. The molecular weight excluding hydrogens is 332 g/mol. The highest BCUT2D eigenvalue weighted by Gasteiger charge is 2.18. The van der Waals surface area contributed by atoms with E-state index in [1.807, 2.05) is 25.1 Å². The van der Waals surface area contributed by atoms with Gasteiger partial charge < -0.3 is 18.9 Å². The van der Waals surface area contributed by atoms with E-state index in [-0.39, 0.29) is 12.8 Å². The third-order valence-corrected chi connectivity index (χ3v) is 4.13. The molecule has 0 aliphatic heterocycles.